The molecule has 28 heavy (non-hydrogen) atoms. The minimum Gasteiger partial charge on any atom is -0.497 e. The predicted molar refractivity (Wildman–Crippen MR) is 108 cm³/mol. The van der Waals surface area contributed by atoms with Gasteiger partial charge < -0.3 is 19.5 Å². The van der Waals surface area contributed by atoms with E-state index in [1.807, 2.05) is 24.3 Å². The number of amides is 1. The average Bonchev–Trinajstić information content (AvgIpc) is 2.75. The molecule has 1 saturated heterocycles. The van der Waals surface area contributed by atoms with E-state index < -0.39 is 0 Å². The summed E-state index contributed by atoms with van der Waals surface area (Å²) in [6.07, 6.45) is 0. The fourth-order valence-corrected chi connectivity index (χ4v) is 3.53. The van der Waals surface area contributed by atoms with Crippen molar-refractivity contribution in [3.05, 3.63) is 58.6 Å². The molecule has 150 valence electrons. The van der Waals surface area contributed by atoms with Gasteiger partial charge in [0.2, 0.25) is 0 Å². The zero-order chi connectivity index (χ0) is 19.9. The molecule has 1 aliphatic heterocycles. The number of nitrogens with zero attached hydrogens (tertiary/aromatic N) is 1. The second-order valence-electron chi connectivity index (χ2n) is 6.50. The van der Waals surface area contributed by atoms with Crippen LogP contribution in [0.15, 0.2) is 42.5 Å². The summed E-state index contributed by atoms with van der Waals surface area (Å²) in [5, 5.41) is 3.45. The summed E-state index contributed by atoms with van der Waals surface area (Å²) >= 11 is 6.14. The molecule has 2 aromatic carbocycles. The van der Waals surface area contributed by atoms with Crippen LogP contribution in [-0.4, -0.2) is 57.9 Å². The maximum Gasteiger partial charge on any atom is 0.251 e. The van der Waals surface area contributed by atoms with Gasteiger partial charge in [-0.1, -0.05) is 23.7 Å². The molecule has 1 amide bonds. The zero-order valence-electron chi connectivity index (χ0n) is 16.1. The molecule has 0 unspecified atom stereocenters. The fraction of sp³-hybridized carbons (Fsp3) is 0.381. The van der Waals surface area contributed by atoms with Gasteiger partial charge in [0.15, 0.2) is 0 Å². The van der Waals surface area contributed by atoms with Crippen LogP contribution >= 0.6 is 11.6 Å². The van der Waals surface area contributed by atoms with Gasteiger partial charge in [-0.05, 0) is 35.9 Å². The van der Waals surface area contributed by atoms with Crippen molar-refractivity contribution in [2.24, 2.45) is 0 Å². The summed E-state index contributed by atoms with van der Waals surface area (Å²) in [5.74, 6) is 1.18. The summed E-state index contributed by atoms with van der Waals surface area (Å²) in [6.45, 7) is 3.50. The van der Waals surface area contributed by atoms with Gasteiger partial charge in [0.25, 0.3) is 5.91 Å². The van der Waals surface area contributed by atoms with Crippen LogP contribution in [0.5, 0.6) is 11.5 Å². The fourth-order valence-electron chi connectivity index (χ4n) is 3.27. The molecule has 1 heterocycles. The smallest absolute Gasteiger partial charge is 0.251 e. The molecule has 1 atom stereocenters. The van der Waals surface area contributed by atoms with Crippen molar-refractivity contribution in [1.82, 2.24) is 10.2 Å². The Morgan fingerprint density at radius 2 is 1.86 bits per heavy atom. The number of nitrogens with one attached hydrogen (secondary N) is 1. The molecule has 3 rings (SSSR count). The Balaban J connectivity index is 1.73. The lowest BCUT2D eigenvalue weighted by Gasteiger charge is -2.35. The molecular formula is C21H25ClN2O4. The van der Waals surface area contributed by atoms with E-state index in [-0.39, 0.29) is 11.9 Å². The minimum absolute atomic E-state index is 0.0486. The van der Waals surface area contributed by atoms with Gasteiger partial charge in [0.05, 0.1) is 38.5 Å². The Morgan fingerprint density at radius 1 is 1.14 bits per heavy atom. The molecule has 7 heteroatoms. The van der Waals surface area contributed by atoms with Gasteiger partial charge in [0, 0.05) is 25.2 Å². The Bertz CT molecular complexity index is 791. The minimum atomic E-state index is -0.170. The highest BCUT2D eigenvalue weighted by Gasteiger charge is 2.23. The van der Waals surface area contributed by atoms with Gasteiger partial charge in [-0.15, -0.1) is 0 Å². The van der Waals surface area contributed by atoms with Gasteiger partial charge in [-0.25, -0.2) is 0 Å². The van der Waals surface area contributed by atoms with Crippen molar-refractivity contribution < 1.29 is 19.0 Å². The van der Waals surface area contributed by atoms with E-state index in [4.69, 9.17) is 25.8 Å². The van der Waals surface area contributed by atoms with Crippen molar-refractivity contribution in [2.75, 3.05) is 47.1 Å². The number of morpholine rings is 1. The van der Waals surface area contributed by atoms with Gasteiger partial charge in [-0.2, -0.15) is 0 Å². The number of methoxy groups -OCH3 is 2. The van der Waals surface area contributed by atoms with Crippen LogP contribution < -0.4 is 14.8 Å². The van der Waals surface area contributed by atoms with Gasteiger partial charge in [0.1, 0.15) is 11.5 Å². The lowest BCUT2D eigenvalue weighted by Crippen LogP contribution is -2.43. The average molecular weight is 405 g/mol. The van der Waals surface area contributed by atoms with Crippen molar-refractivity contribution >= 4 is 17.5 Å². The third-order valence-corrected chi connectivity index (χ3v) is 5.15. The number of benzene rings is 2. The van der Waals surface area contributed by atoms with Crippen LogP contribution in [0.25, 0.3) is 0 Å². The Morgan fingerprint density at radius 3 is 2.46 bits per heavy atom. The molecule has 2 aromatic rings. The van der Waals surface area contributed by atoms with Crippen LogP contribution in [-0.2, 0) is 4.74 Å². The monoisotopic (exact) mass is 404 g/mol. The third kappa shape index (κ3) is 4.95. The maximum atomic E-state index is 12.6. The van der Waals surface area contributed by atoms with Crippen molar-refractivity contribution in [1.29, 1.82) is 0 Å². The zero-order valence-corrected chi connectivity index (χ0v) is 16.9. The predicted octanol–water partition coefficient (Wildman–Crippen LogP) is 3.16. The molecule has 0 aromatic heterocycles. The molecule has 6 nitrogen and oxygen atoms in total. The molecule has 0 radical (unpaired) electrons. The summed E-state index contributed by atoms with van der Waals surface area (Å²) in [4.78, 5) is 15.0. The molecule has 0 bridgehead atoms. The van der Waals surface area contributed by atoms with Gasteiger partial charge in [-0.3, -0.25) is 9.69 Å². The standard InChI is InChI=1S/C21H25ClN2O4/c1-26-17-6-3-15(4-7-17)19(24-9-11-28-12-10-24)14-23-21(25)16-5-8-20(27-2)18(22)13-16/h3-8,13,19H,9-12,14H2,1-2H3,(H,23,25)/t19-/m1/s1. The highest BCUT2D eigenvalue weighted by molar-refractivity contribution is 6.32. The van der Waals surface area contributed by atoms with Crippen LogP contribution in [0.3, 0.4) is 0 Å². The largest absolute Gasteiger partial charge is 0.497 e. The maximum absolute atomic E-state index is 12.6. The first-order valence-corrected chi connectivity index (χ1v) is 9.57. The normalized spacial score (nSPS) is 15.7. The molecule has 1 fully saturated rings. The second-order valence-corrected chi connectivity index (χ2v) is 6.90. The van der Waals surface area contributed by atoms with Crippen molar-refractivity contribution in [3.63, 3.8) is 0 Å². The van der Waals surface area contributed by atoms with Crippen molar-refractivity contribution in [2.45, 2.75) is 6.04 Å². The number of carbonyl (C=O) groups is 1. The molecule has 0 aliphatic carbocycles. The van der Waals surface area contributed by atoms with E-state index >= 15 is 0 Å². The van der Waals surface area contributed by atoms with Crippen LogP contribution in [0.4, 0.5) is 0 Å². The number of halogens is 1. The SMILES string of the molecule is COc1ccc([C@@H](CNC(=O)c2ccc(OC)c(Cl)c2)N2CCOCC2)cc1. The lowest BCUT2D eigenvalue weighted by atomic mass is 10.0. The Labute approximate surface area is 170 Å². The summed E-state index contributed by atoms with van der Waals surface area (Å²) in [7, 11) is 3.19. The van der Waals surface area contributed by atoms with E-state index in [1.54, 1.807) is 32.4 Å². The van der Waals surface area contributed by atoms with Crippen LogP contribution in [0.2, 0.25) is 5.02 Å². The first-order chi connectivity index (χ1) is 13.6. The number of rotatable bonds is 7. The summed E-state index contributed by atoms with van der Waals surface area (Å²) in [5.41, 5.74) is 1.62. The lowest BCUT2D eigenvalue weighted by molar-refractivity contribution is 0.0162. The Kier molecular flexibility index (Phi) is 7.14. The van der Waals surface area contributed by atoms with E-state index in [9.17, 15) is 4.79 Å². The summed E-state index contributed by atoms with van der Waals surface area (Å²) < 4.78 is 15.9. The van der Waals surface area contributed by atoms with E-state index in [2.05, 4.69) is 10.2 Å². The molecule has 1 aliphatic rings. The van der Waals surface area contributed by atoms with E-state index in [0.29, 0.717) is 36.1 Å². The van der Waals surface area contributed by atoms with Crippen LogP contribution in [0, 0.1) is 0 Å². The quantitative estimate of drug-likeness (QED) is 0.768. The molecule has 1 N–H and O–H groups in total. The molecular weight excluding hydrogens is 380 g/mol. The van der Waals surface area contributed by atoms with Crippen molar-refractivity contribution in [3.8, 4) is 11.5 Å². The first-order valence-electron chi connectivity index (χ1n) is 9.20. The third-order valence-electron chi connectivity index (χ3n) is 4.86. The highest BCUT2D eigenvalue weighted by Crippen LogP contribution is 2.26. The first kappa shape index (κ1) is 20.5. The number of ether oxygens (including phenoxy) is 3. The summed E-state index contributed by atoms with van der Waals surface area (Å²) in [6, 6.07) is 13.0. The van der Waals surface area contributed by atoms with Gasteiger partial charge >= 0.3 is 0 Å². The molecule has 0 saturated carbocycles. The second kappa shape index (κ2) is 9.78. The van der Waals surface area contributed by atoms with Crippen LogP contribution in [0.1, 0.15) is 22.0 Å². The topological polar surface area (TPSA) is 60.0 Å². The number of carbonyl (C=O) groups excluding carboxylic acids is 1. The van der Waals surface area contributed by atoms with E-state index in [1.165, 1.54) is 0 Å². The van der Waals surface area contributed by atoms with E-state index in [0.717, 1.165) is 24.4 Å². The number of hydrogen-bond acceptors (Lipinski definition) is 5. The number of hydrogen-bond donors (Lipinski definition) is 1. The highest BCUT2D eigenvalue weighted by atomic mass is 35.5. The molecule has 0 spiro atoms. The Hall–Kier alpha value is -2.28.